The molecule has 1 rings (SSSR count). The Morgan fingerprint density at radius 1 is 1.40 bits per heavy atom. The van der Waals surface area contributed by atoms with E-state index in [0.29, 0.717) is 10.5 Å². The van der Waals surface area contributed by atoms with Crippen LogP contribution in [0, 0.1) is 6.92 Å². The Kier molecular flexibility index (Phi) is 5.88. The smallest absolute Gasteiger partial charge is 0.335 e. The Hall–Kier alpha value is -1.69. The second-order valence-corrected chi connectivity index (χ2v) is 6.10. The topological polar surface area (TPSA) is 83.5 Å². The summed E-state index contributed by atoms with van der Waals surface area (Å²) >= 11 is 0. The highest BCUT2D eigenvalue weighted by atomic mass is 32.2. The van der Waals surface area contributed by atoms with Crippen molar-refractivity contribution in [3.63, 3.8) is 0 Å². The Morgan fingerprint density at radius 2 is 2.05 bits per heavy atom. The van der Waals surface area contributed by atoms with Crippen molar-refractivity contribution in [1.29, 1.82) is 0 Å². The maximum Gasteiger partial charge on any atom is 0.335 e. The maximum absolute atomic E-state index is 12.1. The molecule has 0 bridgehead atoms. The van der Waals surface area contributed by atoms with Gasteiger partial charge >= 0.3 is 5.97 Å². The molecule has 2 N–H and O–H groups in total. The van der Waals surface area contributed by atoms with Crippen molar-refractivity contribution < 1.29 is 18.9 Å². The van der Waals surface area contributed by atoms with E-state index in [2.05, 4.69) is 5.32 Å². The quantitative estimate of drug-likeness (QED) is 0.837. The van der Waals surface area contributed by atoms with E-state index in [-0.39, 0.29) is 23.3 Å². The molecular formula is C14H19NO4S. The lowest BCUT2D eigenvalue weighted by atomic mass is 10.1. The van der Waals surface area contributed by atoms with Gasteiger partial charge in [0.2, 0.25) is 5.91 Å². The molecule has 2 unspecified atom stereocenters. The molecule has 1 aromatic rings. The molecule has 0 fully saturated rings. The fourth-order valence-corrected chi connectivity index (χ4v) is 2.55. The number of carboxylic acids is 1. The number of benzene rings is 1. The second kappa shape index (κ2) is 7.19. The Bertz CT molecular complexity index is 542. The molecule has 5 nitrogen and oxygen atoms in total. The average Bonchev–Trinajstić information content (AvgIpc) is 2.38. The molecule has 1 amide bonds. The molecule has 20 heavy (non-hydrogen) atoms. The Balaban J connectivity index is 2.80. The number of carbonyl (C=O) groups excluding carboxylic acids is 1. The number of carboxylic acid groups (broad SMARTS) is 1. The van der Waals surface area contributed by atoms with Crippen molar-refractivity contribution in [2.24, 2.45) is 0 Å². The minimum Gasteiger partial charge on any atom is -0.478 e. The van der Waals surface area contributed by atoms with Gasteiger partial charge in [0, 0.05) is 10.9 Å². The van der Waals surface area contributed by atoms with Crippen LogP contribution in [0.25, 0.3) is 0 Å². The van der Waals surface area contributed by atoms with E-state index in [1.54, 1.807) is 19.1 Å². The number of amides is 1. The van der Waals surface area contributed by atoms with Crippen LogP contribution in [0.2, 0.25) is 0 Å². The molecule has 0 aliphatic heterocycles. The summed E-state index contributed by atoms with van der Waals surface area (Å²) in [7, 11) is -1.54. The van der Waals surface area contributed by atoms with E-state index >= 15 is 0 Å². The van der Waals surface area contributed by atoms with Crippen molar-refractivity contribution in [3.8, 4) is 0 Å². The van der Waals surface area contributed by atoms with Gasteiger partial charge in [-0.3, -0.25) is 9.00 Å². The van der Waals surface area contributed by atoms with Crippen LogP contribution in [0.3, 0.4) is 0 Å². The lowest BCUT2D eigenvalue weighted by Gasteiger charge is -2.11. The number of aromatic carboxylic acids is 1. The van der Waals surface area contributed by atoms with Gasteiger partial charge in [-0.1, -0.05) is 13.0 Å². The SMILES string of the molecule is CCC(C)NC(=O)CS(=O)c1ccc(C)c(C(=O)O)c1. The van der Waals surface area contributed by atoms with Gasteiger partial charge in [-0.05, 0) is 38.0 Å². The monoisotopic (exact) mass is 297 g/mol. The first-order chi connectivity index (χ1) is 9.35. The zero-order chi connectivity index (χ0) is 15.3. The molecule has 0 saturated heterocycles. The molecule has 0 aliphatic rings. The van der Waals surface area contributed by atoms with E-state index in [1.807, 2.05) is 13.8 Å². The van der Waals surface area contributed by atoms with Crippen molar-refractivity contribution in [2.45, 2.75) is 38.1 Å². The molecule has 0 aliphatic carbocycles. The third kappa shape index (κ3) is 4.45. The van der Waals surface area contributed by atoms with E-state index < -0.39 is 16.8 Å². The predicted octanol–water partition coefficient (Wildman–Crippen LogP) is 1.72. The normalized spacial score (nSPS) is 13.6. The van der Waals surface area contributed by atoms with Crippen LogP contribution in [0.5, 0.6) is 0 Å². The predicted molar refractivity (Wildman–Crippen MR) is 77.3 cm³/mol. The van der Waals surface area contributed by atoms with Gasteiger partial charge in [-0.2, -0.15) is 0 Å². The average molecular weight is 297 g/mol. The lowest BCUT2D eigenvalue weighted by Crippen LogP contribution is -2.35. The molecule has 0 aromatic heterocycles. The zero-order valence-electron chi connectivity index (χ0n) is 11.8. The molecule has 1 aromatic carbocycles. The maximum atomic E-state index is 12.1. The van der Waals surface area contributed by atoms with Gasteiger partial charge in [-0.25, -0.2) is 4.79 Å². The first kappa shape index (κ1) is 16.4. The number of hydrogen-bond acceptors (Lipinski definition) is 3. The summed E-state index contributed by atoms with van der Waals surface area (Å²) < 4.78 is 12.1. The number of carbonyl (C=O) groups is 2. The summed E-state index contributed by atoms with van der Waals surface area (Å²) in [5.41, 5.74) is 0.709. The van der Waals surface area contributed by atoms with Crippen LogP contribution in [0.1, 0.15) is 36.2 Å². The molecule has 2 atom stereocenters. The van der Waals surface area contributed by atoms with Crippen LogP contribution < -0.4 is 5.32 Å². The number of rotatable bonds is 6. The highest BCUT2D eigenvalue weighted by molar-refractivity contribution is 7.85. The van der Waals surface area contributed by atoms with Crippen molar-refractivity contribution >= 4 is 22.7 Å². The van der Waals surface area contributed by atoms with Crippen LogP contribution in [-0.2, 0) is 15.6 Å². The third-order valence-corrected chi connectivity index (χ3v) is 4.29. The molecule has 110 valence electrons. The molecule has 6 heteroatoms. The summed E-state index contributed by atoms with van der Waals surface area (Å²) in [6.07, 6.45) is 0.798. The molecule has 0 saturated carbocycles. The summed E-state index contributed by atoms with van der Waals surface area (Å²) in [5.74, 6) is -1.52. The van der Waals surface area contributed by atoms with Crippen LogP contribution >= 0.6 is 0 Å². The number of nitrogens with one attached hydrogen (secondary N) is 1. The third-order valence-electron chi connectivity index (χ3n) is 2.98. The fourth-order valence-electron chi connectivity index (χ4n) is 1.59. The van der Waals surface area contributed by atoms with Crippen LogP contribution in [0.4, 0.5) is 0 Å². The van der Waals surface area contributed by atoms with Gasteiger partial charge in [0.15, 0.2) is 0 Å². The van der Waals surface area contributed by atoms with Crippen molar-refractivity contribution in [2.75, 3.05) is 5.75 Å². The molecular weight excluding hydrogens is 278 g/mol. The molecule has 0 radical (unpaired) electrons. The van der Waals surface area contributed by atoms with Crippen molar-refractivity contribution in [1.82, 2.24) is 5.32 Å². The first-order valence-electron chi connectivity index (χ1n) is 6.36. The van der Waals surface area contributed by atoms with Gasteiger partial charge in [0.1, 0.15) is 5.75 Å². The van der Waals surface area contributed by atoms with Gasteiger partial charge < -0.3 is 10.4 Å². The van der Waals surface area contributed by atoms with Crippen LogP contribution in [0.15, 0.2) is 23.1 Å². The number of aryl methyl sites for hydroxylation is 1. The second-order valence-electron chi connectivity index (χ2n) is 4.65. The van der Waals surface area contributed by atoms with Gasteiger partial charge in [0.25, 0.3) is 0 Å². The molecule has 0 heterocycles. The minimum atomic E-state index is -1.54. The summed E-state index contributed by atoms with van der Waals surface area (Å²) in [5, 5.41) is 11.8. The van der Waals surface area contributed by atoms with Crippen molar-refractivity contribution in [3.05, 3.63) is 29.3 Å². The fraction of sp³-hybridized carbons (Fsp3) is 0.429. The van der Waals surface area contributed by atoms with Gasteiger partial charge in [-0.15, -0.1) is 0 Å². The minimum absolute atomic E-state index is 0.0344. The van der Waals surface area contributed by atoms with E-state index in [1.165, 1.54) is 6.07 Å². The van der Waals surface area contributed by atoms with Crippen LogP contribution in [-0.4, -0.2) is 33.0 Å². The first-order valence-corrected chi connectivity index (χ1v) is 7.68. The summed E-state index contributed by atoms with van der Waals surface area (Å²) in [6.45, 7) is 5.49. The van der Waals surface area contributed by atoms with E-state index in [9.17, 15) is 13.8 Å². The molecule has 0 spiro atoms. The summed E-state index contributed by atoms with van der Waals surface area (Å²) in [4.78, 5) is 23.0. The number of hydrogen-bond donors (Lipinski definition) is 2. The van der Waals surface area contributed by atoms with Gasteiger partial charge in [0.05, 0.1) is 16.4 Å². The lowest BCUT2D eigenvalue weighted by molar-refractivity contribution is -0.119. The standard InChI is InChI=1S/C14H19NO4S/c1-4-10(3)15-13(16)8-20(19)11-6-5-9(2)12(7-11)14(17)18/h5-7,10H,4,8H2,1-3H3,(H,15,16)(H,17,18). The summed E-state index contributed by atoms with van der Waals surface area (Å²) in [6, 6.07) is 4.59. The Labute approximate surface area is 120 Å². The Morgan fingerprint density at radius 3 is 2.60 bits per heavy atom. The van der Waals surface area contributed by atoms with E-state index in [4.69, 9.17) is 5.11 Å². The highest BCUT2D eigenvalue weighted by Gasteiger charge is 2.15. The highest BCUT2D eigenvalue weighted by Crippen LogP contribution is 2.14. The zero-order valence-corrected chi connectivity index (χ0v) is 12.6. The largest absolute Gasteiger partial charge is 0.478 e. The van der Waals surface area contributed by atoms with E-state index in [0.717, 1.165) is 6.42 Å².